The molecule has 2 aromatic carbocycles. The smallest absolute Gasteiger partial charge is 0.274 e. The first-order valence-corrected chi connectivity index (χ1v) is 12.0. The molecule has 0 radical (unpaired) electrons. The minimum Gasteiger partial charge on any atom is -0.365 e. The molecule has 0 aliphatic carbocycles. The van der Waals surface area contributed by atoms with Crippen LogP contribution >= 0.6 is 11.6 Å². The van der Waals surface area contributed by atoms with Crippen LogP contribution in [-0.2, 0) is 22.7 Å². The molecule has 3 heterocycles. The van der Waals surface area contributed by atoms with Gasteiger partial charge in [0, 0.05) is 29.7 Å². The molecule has 3 aromatic rings. The van der Waals surface area contributed by atoms with Crippen LogP contribution in [0, 0.1) is 18.7 Å². The van der Waals surface area contributed by atoms with E-state index in [0.717, 1.165) is 22.5 Å². The SMILES string of the molecule is Cc1cc(NC(=O)C2CCN(C(=O)c3ncn4c3CO[C@@H](c3ccc(F)cc3)C4)CC2)ccc1Cl. The highest BCUT2D eigenvalue weighted by Gasteiger charge is 2.32. The van der Waals surface area contributed by atoms with E-state index in [4.69, 9.17) is 16.3 Å². The Morgan fingerprint density at radius 3 is 2.60 bits per heavy atom. The maximum absolute atomic E-state index is 13.2. The predicted molar refractivity (Wildman–Crippen MR) is 130 cm³/mol. The molecule has 2 amide bonds. The number of carbonyl (C=O) groups excluding carboxylic acids is 2. The van der Waals surface area contributed by atoms with E-state index in [-0.39, 0.29) is 36.3 Å². The summed E-state index contributed by atoms with van der Waals surface area (Å²) >= 11 is 6.06. The van der Waals surface area contributed by atoms with Crippen LogP contribution in [0.15, 0.2) is 48.8 Å². The molecule has 2 aliphatic rings. The first kappa shape index (κ1) is 23.5. The Morgan fingerprint density at radius 1 is 1.14 bits per heavy atom. The lowest BCUT2D eigenvalue weighted by molar-refractivity contribution is -0.121. The van der Waals surface area contributed by atoms with Crippen LogP contribution in [0.2, 0.25) is 5.02 Å². The van der Waals surface area contributed by atoms with Crippen LogP contribution < -0.4 is 5.32 Å². The van der Waals surface area contributed by atoms with Gasteiger partial charge in [0.1, 0.15) is 11.9 Å². The largest absolute Gasteiger partial charge is 0.365 e. The van der Waals surface area contributed by atoms with Gasteiger partial charge in [-0.3, -0.25) is 9.59 Å². The van der Waals surface area contributed by atoms with Gasteiger partial charge in [-0.1, -0.05) is 23.7 Å². The molecule has 0 unspecified atom stereocenters. The molecule has 1 saturated heterocycles. The van der Waals surface area contributed by atoms with Crippen LogP contribution in [-0.4, -0.2) is 39.4 Å². The lowest BCUT2D eigenvalue weighted by Crippen LogP contribution is -2.42. The topological polar surface area (TPSA) is 76.5 Å². The van der Waals surface area contributed by atoms with E-state index in [0.29, 0.717) is 43.2 Å². The van der Waals surface area contributed by atoms with Crippen molar-refractivity contribution in [3.05, 3.63) is 82.1 Å². The van der Waals surface area contributed by atoms with E-state index in [9.17, 15) is 14.0 Å². The highest BCUT2D eigenvalue weighted by Crippen LogP contribution is 2.29. The lowest BCUT2D eigenvalue weighted by atomic mass is 9.95. The number of halogens is 2. The molecule has 182 valence electrons. The highest BCUT2D eigenvalue weighted by atomic mass is 35.5. The van der Waals surface area contributed by atoms with Crippen LogP contribution in [0.5, 0.6) is 0 Å². The molecule has 9 heteroatoms. The molecular formula is C26H26ClFN4O3. The molecule has 0 spiro atoms. The number of piperidine rings is 1. The molecule has 1 aromatic heterocycles. The zero-order valence-electron chi connectivity index (χ0n) is 19.3. The number of fused-ring (bicyclic) bond motifs is 1. The van der Waals surface area contributed by atoms with Crippen molar-refractivity contribution in [1.29, 1.82) is 0 Å². The number of benzene rings is 2. The van der Waals surface area contributed by atoms with Gasteiger partial charge in [-0.05, 0) is 61.2 Å². The summed E-state index contributed by atoms with van der Waals surface area (Å²) in [5.74, 6) is -0.638. The maximum Gasteiger partial charge on any atom is 0.274 e. The van der Waals surface area contributed by atoms with E-state index >= 15 is 0 Å². The number of imidazole rings is 1. The molecule has 35 heavy (non-hydrogen) atoms. The fourth-order valence-electron chi connectivity index (χ4n) is 4.65. The Labute approximate surface area is 207 Å². The molecule has 2 aliphatic heterocycles. The number of rotatable bonds is 4. The first-order valence-electron chi connectivity index (χ1n) is 11.7. The summed E-state index contributed by atoms with van der Waals surface area (Å²) in [5, 5.41) is 3.62. The third-order valence-corrected chi connectivity index (χ3v) is 7.18. The van der Waals surface area contributed by atoms with Crippen LogP contribution in [0.25, 0.3) is 0 Å². The average Bonchev–Trinajstić information content (AvgIpc) is 3.29. The number of amides is 2. The number of hydrogen-bond acceptors (Lipinski definition) is 4. The van der Waals surface area contributed by atoms with Gasteiger partial charge in [0.15, 0.2) is 5.69 Å². The maximum atomic E-state index is 13.2. The standard InChI is InChI=1S/C26H26ClFN4O3/c1-16-12-20(6-7-21(16)27)30-25(33)18-8-10-31(11-9-18)26(34)24-22-14-35-23(13-32(22)15-29-24)17-2-4-19(28)5-3-17/h2-7,12,15,18,23H,8-11,13-14H2,1H3,(H,30,33)/t23-/m1/s1. The lowest BCUT2D eigenvalue weighted by Gasteiger charge is -2.31. The van der Waals surface area contributed by atoms with Crippen molar-refractivity contribution in [2.24, 2.45) is 5.92 Å². The fourth-order valence-corrected chi connectivity index (χ4v) is 4.76. The van der Waals surface area contributed by atoms with Crippen molar-refractivity contribution in [3.63, 3.8) is 0 Å². The zero-order chi connectivity index (χ0) is 24.5. The Bertz CT molecular complexity index is 1250. The average molecular weight is 497 g/mol. The van der Waals surface area contributed by atoms with Gasteiger partial charge in [-0.2, -0.15) is 0 Å². The minimum absolute atomic E-state index is 0.0431. The number of ether oxygens (including phenoxy) is 1. The summed E-state index contributed by atoms with van der Waals surface area (Å²) in [5.41, 5.74) is 3.64. The number of likely N-dealkylation sites (tertiary alicyclic amines) is 1. The number of nitrogens with one attached hydrogen (secondary N) is 1. The third-order valence-electron chi connectivity index (χ3n) is 6.75. The molecule has 1 N–H and O–H groups in total. The summed E-state index contributed by atoms with van der Waals surface area (Å²) < 4.78 is 21.1. The van der Waals surface area contributed by atoms with Crippen molar-refractivity contribution in [2.45, 2.75) is 39.0 Å². The van der Waals surface area contributed by atoms with E-state index in [1.165, 1.54) is 12.1 Å². The van der Waals surface area contributed by atoms with E-state index < -0.39 is 0 Å². The predicted octanol–water partition coefficient (Wildman–Crippen LogP) is 4.75. The molecule has 0 saturated carbocycles. The Balaban J connectivity index is 1.18. The van der Waals surface area contributed by atoms with Crippen molar-refractivity contribution in [1.82, 2.24) is 14.5 Å². The van der Waals surface area contributed by atoms with Gasteiger partial charge in [0.25, 0.3) is 5.91 Å². The number of carbonyl (C=O) groups is 2. The van der Waals surface area contributed by atoms with E-state index in [1.54, 1.807) is 35.5 Å². The van der Waals surface area contributed by atoms with Gasteiger partial charge in [0.2, 0.25) is 5.91 Å². The molecule has 1 fully saturated rings. The first-order chi connectivity index (χ1) is 16.9. The van der Waals surface area contributed by atoms with Crippen molar-refractivity contribution < 1.29 is 18.7 Å². The molecule has 7 nitrogen and oxygen atoms in total. The second-order valence-electron chi connectivity index (χ2n) is 9.06. The Hall–Kier alpha value is -3.23. The number of aromatic nitrogens is 2. The van der Waals surface area contributed by atoms with Crippen LogP contribution in [0.1, 0.15) is 46.3 Å². The number of nitrogens with zero attached hydrogens (tertiary/aromatic N) is 3. The van der Waals surface area contributed by atoms with Crippen molar-refractivity contribution >= 4 is 29.1 Å². The third kappa shape index (κ3) is 4.94. The van der Waals surface area contributed by atoms with Crippen LogP contribution in [0.4, 0.5) is 10.1 Å². The summed E-state index contributed by atoms with van der Waals surface area (Å²) in [4.78, 5) is 32.1. The van der Waals surface area contributed by atoms with Gasteiger partial charge in [0.05, 0.1) is 25.2 Å². The van der Waals surface area contributed by atoms with Crippen LogP contribution in [0.3, 0.4) is 0 Å². The number of anilines is 1. The summed E-state index contributed by atoms with van der Waals surface area (Å²) in [7, 11) is 0. The molecular weight excluding hydrogens is 471 g/mol. The molecule has 1 atom stereocenters. The minimum atomic E-state index is -0.290. The molecule has 0 bridgehead atoms. The van der Waals surface area contributed by atoms with Gasteiger partial charge >= 0.3 is 0 Å². The number of hydrogen-bond donors (Lipinski definition) is 1. The summed E-state index contributed by atoms with van der Waals surface area (Å²) in [6, 6.07) is 11.7. The second kappa shape index (κ2) is 9.79. The number of aryl methyl sites for hydroxylation is 1. The van der Waals surface area contributed by atoms with E-state index in [2.05, 4.69) is 10.3 Å². The fraction of sp³-hybridized carbons (Fsp3) is 0.346. The van der Waals surface area contributed by atoms with Gasteiger partial charge in [-0.15, -0.1) is 0 Å². The van der Waals surface area contributed by atoms with Gasteiger partial charge < -0.3 is 19.5 Å². The quantitative estimate of drug-likeness (QED) is 0.565. The normalized spacial score (nSPS) is 18.3. The Kier molecular flexibility index (Phi) is 6.58. The van der Waals surface area contributed by atoms with Crippen molar-refractivity contribution in [2.75, 3.05) is 18.4 Å². The van der Waals surface area contributed by atoms with Gasteiger partial charge in [-0.25, -0.2) is 9.37 Å². The molecule has 5 rings (SSSR count). The summed E-state index contributed by atoms with van der Waals surface area (Å²) in [6.45, 7) is 3.63. The monoisotopic (exact) mass is 496 g/mol. The Morgan fingerprint density at radius 2 is 1.89 bits per heavy atom. The highest BCUT2D eigenvalue weighted by molar-refractivity contribution is 6.31. The summed E-state index contributed by atoms with van der Waals surface area (Å²) in [6.07, 6.45) is 2.61. The van der Waals surface area contributed by atoms with Crippen molar-refractivity contribution in [3.8, 4) is 0 Å². The second-order valence-corrected chi connectivity index (χ2v) is 9.47. The zero-order valence-corrected chi connectivity index (χ0v) is 20.1. The van der Waals surface area contributed by atoms with E-state index in [1.807, 2.05) is 17.6 Å².